The van der Waals surface area contributed by atoms with Gasteiger partial charge in [0.15, 0.2) is 0 Å². The second-order valence-corrected chi connectivity index (χ2v) is 5.98. The monoisotopic (exact) mass is 279 g/mol. The van der Waals surface area contributed by atoms with Crippen molar-refractivity contribution in [3.63, 3.8) is 0 Å². The van der Waals surface area contributed by atoms with Crippen LogP contribution in [0.3, 0.4) is 0 Å². The predicted octanol–water partition coefficient (Wildman–Crippen LogP) is 3.32. The van der Waals surface area contributed by atoms with Gasteiger partial charge in [0.1, 0.15) is 0 Å². The number of carbonyl (C=O) groups is 1. The molecule has 0 bridgehead atoms. The summed E-state index contributed by atoms with van der Waals surface area (Å²) < 4.78 is 0. The van der Waals surface area contributed by atoms with Crippen molar-refractivity contribution in [2.45, 2.75) is 39.7 Å². The fraction of sp³-hybridized carbons (Fsp3) is 0.562. The van der Waals surface area contributed by atoms with Crippen molar-refractivity contribution >= 4 is 17.5 Å². The number of nitrogens with zero attached hydrogens (tertiary/aromatic N) is 1. The maximum Gasteiger partial charge on any atom is 0.227 e. The van der Waals surface area contributed by atoms with Crippen molar-refractivity contribution in [1.29, 1.82) is 0 Å². The molecule has 0 aromatic heterocycles. The average molecular weight is 280 g/mol. The van der Waals surface area contributed by atoms with Crippen LogP contribution in [-0.2, 0) is 11.2 Å². The van der Waals surface area contributed by atoms with Gasteiger partial charge in [-0.1, -0.05) is 25.1 Å². The standard InChI is InChI=1S/C16H22ClNO/c1-11-4-5-14(8-13(11)3)9-16(19)18-7-6-12(2)15(18)10-17/h4-5,8,12,15H,6-7,9-10H2,1-3H3. The first-order valence-corrected chi connectivity index (χ1v) is 7.48. The Morgan fingerprint density at radius 2 is 2.11 bits per heavy atom. The van der Waals surface area contributed by atoms with Gasteiger partial charge in [0.2, 0.25) is 5.91 Å². The van der Waals surface area contributed by atoms with E-state index in [0.29, 0.717) is 18.2 Å². The Balaban J connectivity index is 2.06. The molecule has 1 aliphatic heterocycles. The molecular weight excluding hydrogens is 258 g/mol. The highest BCUT2D eigenvalue weighted by Crippen LogP contribution is 2.25. The van der Waals surface area contributed by atoms with Gasteiger partial charge >= 0.3 is 0 Å². The molecule has 1 aliphatic rings. The zero-order valence-electron chi connectivity index (χ0n) is 11.9. The molecule has 2 unspecified atom stereocenters. The molecule has 2 nitrogen and oxygen atoms in total. The third-order valence-corrected chi connectivity index (χ3v) is 4.60. The molecule has 0 radical (unpaired) electrons. The third-order valence-electron chi connectivity index (χ3n) is 4.29. The molecule has 0 saturated carbocycles. The van der Waals surface area contributed by atoms with Crippen LogP contribution in [0.2, 0.25) is 0 Å². The van der Waals surface area contributed by atoms with Gasteiger partial charge in [-0.05, 0) is 42.9 Å². The Morgan fingerprint density at radius 1 is 1.37 bits per heavy atom. The first-order valence-electron chi connectivity index (χ1n) is 6.94. The van der Waals surface area contributed by atoms with Crippen LogP contribution in [0, 0.1) is 19.8 Å². The molecule has 0 N–H and O–H groups in total. The molecule has 0 aliphatic carbocycles. The molecule has 3 heteroatoms. The predicted molar refractivity (Wildman–Crippen MR) is 79.6 cm³/mol. The topological polar surface area (TPSA) is 20.3 Å². The highest BCUT2D eigenvalue weighted by atomic mass is 35.5. The van der Waals surface area contributed by atoms with Crippen molar-refractivity contribution in [3.05, 3.63) is 34.9 Å². The molecule has 2 atom stereocenters. The van der Waals surface area contributed by atoms with Gasteiger partial charge in [0, 0.05) is 18.5 Å². The Bertz CT molecular complexity index is 472. The molecule has 1 saturated heterocycles. The molecule has 0 spiro atoms. The van der Waals surface area contributed by atoms with E-state index in [9.17, 15) is 4.79 Å². The van der Waals surface area contributed by atoms with Crippen LogP contribution in [0.15, 0.2) is 18.2 Å². The summed E-state index contributed by atoms with van der Waals surface area (Å²) >= 11 is 6.00. The highest BCUT2D eigenvalue weighted by Gasteiger charge is 2.33. The number of hydrogen-bond acceptors (Lipinski definition) is 1. The molecule has 1 aromatic rings. The second kappa shape index (κ2) is 5.96. The fourth-order valence-corrected chi connectivity index (χ4v) is 3.21. The zero-order chi connectivity index (χ0) is 14.0. The summed E-state index contributed by atoms with van der Waals surface area (Å²) in [6.07, 6.45) is 1.55. The van der Waals surface area contributed by atoms with Crippen LogP contribution in [0.5, 0.6) is 0 Å². The minimum absolute atomic E-state index is 0.207. The zero-order valence-corrected chi connectivity index (χ0v) is 12.7. The number of hydrogen-bond donors (Lipinski definition) is 0. The summed E-state index contributed by atoms with van der Waals surface area (Å²) in [6.45, 7) is 7.20. The van der Waals surface area contributed by atoms with E-state index in [1.165, 1.54) is 11.1 Å². The molecule has 104 valence electrons. The Kier molecular flexibility index (Phi) is 4.51. The maximum absolute atomic E-state index is 12.4. The minimum Gasteiger partial charge on any atom is -0.338 e. The summed E-state index contributed by atoms with van der Waals surface area (Å²) in [5.41, 5.74) is 3.61. The molecular formula is C16H22ClNO. The van der Waals surface area contributed by atoms with Crippen molar-refractivity contribution in [1.82, 2.24) is 4.90 Å². The first kappa shape index (κ1) is 14.4. The lowest BCUT2D eigenvalue weighted by Crippen LogP contribution is -2.39. The number of carbonyl (C=O) groups excluding carboxylic acids is 1. The number of benzene rings is 1. The van der Waals surface area contributed by atoms with E-state index in [2.05, 4.69) is 39.0 Å². The van der Waals surface area contributed by atoms with Gasteiger partial charge in [-0.15, -0.1) is 11.6 Å². The largest absolute Gasteiger partial charge is 0.338 e. The smallest absolute Gasteiger partial charge is 0.227 e. The number of alkyl halides is 1. The first-order chi connectivity index (χ1) is 9.02. The summed E-state index contributed by atoms with van der Waals surface area (Å²) in [4.78, 5) is 14.4. The van der Waals surface area contributed by atoms with Crippen molar-refractivity contribution in [3.8, 4) is 0 Å². The van der Waals surface area contributed by atoms with Crippen molar-refractivity contribution < 1.29 is 4.79 Å². The Morgan fingerprint density at radius 3 is 2.74 bits per heavy atom. The van der Waals surface area contributed by atoms with E-state index in [4.69, 9.17) is 11.6 Å². The van der Waals surface area contributed by atoms with E-state index in [1.54, 1.807) is 0 Å². The van der Waals surface area contributed by atoms with E-state index >= 15 is 0 Å². The van der Waals surface area contributed by atoms with Crippen molar-refractivity contribution in [2.75, 3.05) is 12.4 Å². The van der Waals surface area contributed by atoms with Gasteiger partial charge < -0.3 is 4.90 Å². The van der Waals surface area contributed by atoms with Crippen LogP contribution in [0.1, 0.15) is 30.0 Å². The lowest BCUT2D eigenvalue weighted by atomic mass is 10.0. The fourth-order valence-electron chi connectivity index (χ4n) is 2.74. The van der Waals surface area contributed by atoms with E-state index in [0.717, 1.165) is 18.5 Å². The quantitative estimate of drug-likeness (QED) is 0.777. The van der Waals surface area contributed by atoms with Crippen molar-refractivity contribution in [2.24, 2.45) is 5.92 Å². The van der Waals surface area contributed by atoms with Gasteiger partial charge in [-0.25, -0.2) is 0 Å². The lowest BCUT2D eigenvalue weighted by molar-refractivity contribution is -0.131. The Hall–Kier alpha value is -1.02. The third kappa shape index (κ3) is 3.11. The van der Waals surface area contributed by atoms with Gasteiger partial charge in [-0.3, -0.25) is 4.79 Å². The Labute approximate surface area is 120 Å². The van der Waals surface area contributed by atoms with Crippen LogP contribution in [-0.4, -0.2) is 29.3 Å². The number of likely N-dealkylation sites (tertiary alicyclic amines) is 1. The number of halogens is 1. The molecule has 19 heavy (non-hydrogen) atoms. The van der Waals surface area contributed by atoms with Gasteiger partial charge in [0.25, 0.3) is 0 Å². The van der Waals surface area contributed by atoms with Crippen LogP contribution >= 0.6 is 11.6 Å². The summed E-state index contributed by atoms with van der Waals surface area (Å²) in [7, 11) is 0. The lowest BCUT2D eigenvalue weighted by Gasteiger charge is -2.25. The molecule has 1 amide bonds. The maximum atomic E-state index is 12.4. The second-order valence-electron chi connectivity index (χ2n) is 5.67. The summed E-state index contributed by atoms with van der Waals surface area (Å²) in [5, 5.41) is 0. The van der Waals surface area contributed by atoms with E-state index < -0.39 is 0 Å². The normalized spacial score (nSPS) is 22.8. The van der Waals surface area contributed by atoms with Crippen LogP contribution in [0.25, 0.3) is 0 Å². The molecule has 1 fully saturated rings. The number of rotatable bonds is 3. The van der Waals surface area contributed by atoms with Crippen LogP contribution in [0.4, 0.5) is 0 Å². The summed E-state index contributed by atoms with van der Waals surface area (Å²) in [6, 6.07) is 6.46. The minimum atomic E-state index is 0.207. The van der Waals surface area contributed by atoms with E-state index in [-0.39, 0.29) is 11.9 Å². The molecule has 2 rings (SSSR count). The summed E-state index contributed by atoms with van der Waals surface area (Å²) in [5.74, 6) is 1.26. The number of amides is 1. The number of aryl methyl sites for hydroxylation is 2. The molecule has 1 aromatic carbocycles. The van der Waals surface area contributed by atoms with E-state index in [1.807, 2.05) is 4.90 Å². The average Bonchev–Trinajstić information content (AvgIpc) is 2.75. The molecule has 1 heterocycles. The van der Waals surface area contributed by atoms with Gasteiger partial charge in [-0.2, -0.15) is 0 Å². The van der Waals surface area contributed by atoms with Gasteiger partial charge in [0.05, 0.1) is 6.42 Å². The SMILES string of the molecule is Cc1ccc(CC(=O)N2CCC(C)C2CCl)cc1C. The highest BCUT2D eigenvalue weighted by molar-refractivity contribution is 6.18. The van der Waals surface area contributed by atoms with Crippen LogP contribution < -0.4 is 0 Å².